The van der Waals surface area contributed by atoms with Crippen LogP contribution in [-0.4, -0.2) is 23.0 Å². The third kappa shape index (κ3) is 8.70. The van der Waals surface area contributed by atoms with Crippen molar-refractivity contribution in [1.29, 1.82) is 0 Å². The Balaban J connectivity index is 2.60. The number of hydrogen-bond donors (Lipinski definition) is 0. The van der Waals surface area contributed by atoms with E-state index in [1.807, 2.05) is 23.5 Å². The van der Waals surface area contributed by atoms with Crippen LogP contribution >= 0.6 is 23.5 Å². The molecule has 0 atom stereocenters. The van der Waals surface area contributed by atoms with Crippen molar-refractivity contribution in [2.75, 3.05) is 23.0 Å². The summed E-state index contributed by atoms with van der Waals surface area (Å²) in [5.74, 6) is 5.25. The van der Waals surface area contributed by atoms with Crippen molar-refractivity contribution in [3.8, 4) is 0 Å². The lowest BCUT2D eigenvalue weighted by Crippen LogP contribution is -1.84. The van der Waals surface area contributed by atoms with Crippen LogP contribution in [0.5, 0.6) is 0 Å². The van der Waals surface area contributed by atoms with Gasteiger partial charge in [-0.15, -0.1) is 0 Å². The van der Waals surface area contributed by atoms with Crippen LogP contribution in [0.25, 0.3) is 0 Å². The Morgan fingerprint density at radius 3 is 1.67 bits per heavy atom. The molecule has 0 saturated carbocycles. The first-order valence-electron chi connectivity index (χ1n) is 3.57. The molecule has 0 fully saturated rings. The van der Waals surface area contributed by atoms with Crippen LogP contribution in [0.3, 0.4) is 0 Å². The summed E-state index contributed by atoms with van der Waals surface area (Å²) in [4.78, 5) is 0. The molecule has 0 aromatic carbocycles. The zero-order valence-corrected chi connectivity index (χ0v) is 7.99. The van der Waals surface area contributed by atoms with Gasteiger partial charge in [0.15, 0.2) is 0 Å². The van der Waals surface area contributed by atoms with E-state index in [0.717, 1.165) is 0 Å². The van der Waals surface area contributed by atoms with Gasteiger partial charge < -0.3 is 0 Å². The van der Waals surface area contributed by atoms with E-state index in [2.05, 4.69) is 13.8 Å². The summed E-state index contributed by atoms with van der Waals surface area (Å²) in [6.07, 6.45) is 1.39. The van der Waals surface area contributed by atoms with Gasteiger partial charge in [0.1, 0.15) is 0 Å². The van der Waals surface area contributed by atoms with Crippen LogP contribution in [0.2, 0.25) is 0 Å². The van der Waals surface area contributed by atoms with Crippen molar-refractivity contribution >= 4 is 23.5 Å². The van der Waals surface area contributed by atoms with Crippen molar-refractivity contribution in [3.05, 3.63) is 0 Å². The van der Waals surface area contributed by atoms with E-state index in [1.54, 1.807) is 0 Å². The fraction of sp³-hybridized carbons (Fsp3) is 1.00. The summed E-state index contributed by atoms with van der Waals surface area (Å²) in [6.45, 7) is 4.44. The predicted octanol–water partition coefficient (Wildman–Crippen LogP) is 2.88. The lowest BCUT2D eigenvalue weighted by Gasteiger charge is -1.96. The van der Waals surface area contributed by atoms with Crippen LogP contribution in [0, 0.1) is 0 Å². The van der Waals surface area contributed by atoms with E-state index in [0.29, 0.717) is 0 Å². The number of rotatable bonds is 6. The largest absolute Gasteiger partial charge is 0.162 e. The molecule has 0 nitrogen and oxygen atoms in total. The molecule has 0 aliphatic carbocycles. The topological polar surface area (TPSA) is 0 Å². The number of hydrogen-bond acceptors (Lipinski definition) is 2. The lowest BCUT2D eigenvalue weighted by molar-refractivity contribution is 1.12. The normalized spacial score (nSPS) is 10.0. The third-order valence-electron chi connectivity index (χ3n) is 0.986. The fourth-order valence-electron chi connectivity index (χ4n) is 0.552. The highest BCUT2D eigenvalue weighted by molar-refractivity contribution is 8.00. The summed E-state index contributed by atoms with van der Waals surface area (Å²) >= 11 is 4.09. The van der Waals surface area contributed by atoms with Crippen molar-refractivity contribution in [2.45, 2.75) is 20.3 Å². The minimum atomic E-state index is 1.27. The van der Waals surface area contributed by atoms with Crippen LogP contribution in [0.4, 0.5) is 0 Å². The Hall–Kier alpha value is 0.700. The molecule has 0 saturated heterocycles. The van der Waals surface area contributed by atoms with Gasteiger partial charge in [0.05, 0.1) is 0 Å². The highest BCUT2D eigenvalue weighted by Crippen LogP contribution is 2.06. The molecular formula is C7H16S2. The van der Waals surface area contributed by atoms with Gasteiger partial charge in [0.2, 0.25) is 0 Å². The summed E-state index contributed by atoms with van der Waals surface area (Å²) in [5.41, 5.74) is 0. The summed E-state index contributed by atoms with van der Waals surface area (Å²) in [7, 11) is 0. The van der Waals surface area contributed by atoms with Crippen LogP contribution < -0.4 is 0 Å². The second-order valence-corrected chi connectivity index (χ2v) is 4.54. The van der Waals surface area contributed by atoms with E-state index in [1.165, 1.54) is 29.4 Å². The molecule has 0 aliphatic heterocycles. The van der Waals surface area contributed by atoms with Gasteiger partial charge in [-0.3, -0.25) is 0 Å². The molecule has 0 rings (SSSR count). The standard InChI is InChI=1S/C7H16S2/c1-3-8-6-5-7-9-4-2/h3-7H2,1-2H3. The molecule has 2 heteroatoms. The van der Waals surface area contributed by atoms with Crippen molar-refractivity contribution in [3.63, 3.8) is 0 Å². The van der Waals surface area contributed by atoms with Gasteiger partial charge in [-0.25, -0.2) is 0 Å². The predicted molar refractivity (Wildman–Crippen MR) is 50.6 cm³/mol. The molecule has 0 bridgehead atoms. The average molecular weight is 164 g/mol. The van der Waals surface area contributed by atoms with Gasteiger partial charge in [-0.05, 0) is 29.4 Å². The first-order chi connectivity index (χ1) is 4.41. The molecule has 0 spiro atoms. The maximum absolute atomic E-state index is 2.22. The molecule has 0 radical (unpaired) electrons. The van der Waals surface area contributed by atoms with Gasteiger partial charge in [0, 0.05) is 0 Å². The Morgan fingerprint density at radius 2 is 1.33 bits per heavy atom. The van der Waals surface area contributed by atoms with Crippen LogP contribution in [0.15, 0.2) is 0 Å². The maximum Gasteiger partial charge on any atom is -0.00598 e. The zero-order chi connectivity index (χ0) is 6.95. The summed E-state index contributed by atoms with van der Waals surface area (Å²) in [5, 5.41) is 0. The van der Waals surface area contributed by atoms with E-state index in [9.17, 15) is 0 Å². The van der Waals surface area contributed by atoms with Gasteiger partial charge in [-0.2, -0.15) is 23.5 Å². The Labute approximate surface area is 67.2 Å². The second-order valence-electron chi connectivity index (χ2n) is 1.75. The summed E-state index contributed by atoms with van der Waals surface area (Å²) in [6, 6.07) is 0. The van der Waals surface area contributed by atoms with Crippen molar-refractivity contribution in [1.82, 2.24) is 0 Å². The maximum atomic E-state index is 2.22. The van der Waals surface area contributed by atoms with Gasteiger partial charge in [0.25, 0.3) is 0 Å². The Morgan fingerprint density at radius 1 is 0.889 bits per heavy atom. The zero-order valence-electron chi connectivity index (χ0n) is 6.35. The molecule has 0 heterocycles. The Bertz CT molecular complexity index is 40.2. The SMILES string of the molecule is CCSCCCSCC. The highest BCUT2D eigenvalue weighted by atomic mass is 32.2. The van der Waals surface area contributed by atoms with Crippen molar-refractivity contribution in [2.24, 2.45) is 0 Å². The van der Waals surface area contributed by atoms with E-state index in [-0.39, 0.29) is 0 Å². The molecule has 0 unspecified atom stereocenters. The quantitative estimate of drug-likeness (QED) is 0.554. The third-order valence-corrected chi connectivity index (χ3v) is 2.96. The molecular weight excluding hydrogens is 148 g/mol. The average Bonchev–Trinajstić information content (AvgIpc) is 1.89. The van der Waals surface area contributed by atoms with Crippen LogP contribution in [-0.2, 0) is 0 Å². The fourth-order valence-corrected chi connectivity index (χ4v) is 2.01. The first-order valence-corrected chi connectivity index (χ1v) is 5.88. The monoisotopic (exact) mass is 164 g/mol. The summed E-state index contributed by atoms with van der Waals surface area (Å²) < 4.78 is 0. The Kier molecular flexibility index (Phi) is 9.38. The van der Waals surface area contributed by atoms with E-state index >= 15 is 0 Å². The molecule has 0 aliphatic rings. The van der Waals surface area contributed by atoms with Crippen LogP contribution in [0.1, 0.15) is 20.3 Å². The minimum absolute atomic E-state index is 1.27. The lowest BCUT2D eigenvalue weighted by atomic mass is 10.6. The minimum Gasteiger partial charge on any atom is -0.162 e. The van der Waals surface area contributed by atoms with Crippen molar-refractivity contribution < 1.29 is 0 Å². The molecule has 0 amide bonds. The molecule has 0 aromatic heterocycles. The molecule has 9 heavy (non-hydrogen) atoms. The van der Waals surface area contributed by atoms with Gasteiger partial charge >= 0.3 is 0 Å². The second kappa shape index (κ2) is 8.70. The molecule has 0 N–H and O–H groups in total. The molecule has 56 valence electrons. The first kappa shape index (κ1) is 9.70. The van der Waals surface area contributed by atoms with Gasteiger partial charge in [-0.1, -0.05) is 13.8 Å². The smallest absolute Gasteiger partial charge is 0.00598 e. The molecule has 0 aromatic rings. The van der Waals surface area contributed by atoms with E-state index < -0.39 is 0 Å². The highest BCUT2D eigenvalue weighted by Gasteiger charge is 1.85. The number of thioether (sulfide) groups is 2. The van der Waals surface area contributed by atoms with E-state index in [4.69, 9.17) is 0 Å².